The minimum atomic E-state index is -0.0837. The SMILES string of the molecule is CCCN(Cc1ccccc1F)C1CCNC1.Cl. The summed E-state index contributed by atoms with van der Waals surface area (Å²) in [6.07, 6.45) is 2.29. The van der Waals surface area contributed by atoms with Gasteiger partial charge in [-0.15, -0.1) is 12.4 Å². The molecule has 1 aliphatic rings. The third-order valence-electron chi connectivity index (χ3n) is 3.39. The van der Waals surface area contributed by atoms with Crippen LogP contribution in [0.25, 0.3) is 0 Å². The molecule has 4 heteroatoms. The zero-order chi connectivity index (χ0) is 12.1. The van der Waals surface area contributed by atoms with Gasteiger partial charge in [0.25, 0.3) is 0 Å². The number of benzene rings is 1. The Hall–Kier alpha value is -0.640. The van der Waals surface area contributed by atoms with Crippen molar-refractivity contribution in [2.75, 3.05) is 19.6 Å². The molecule has 1 heterocycles. The number of halogens is 2. The average molecular weight is 273 g/mol. The number of nitrogens with zero attached hydrogens (tertiary/aromatic N) is 1. The molecular formula is C14H22ClFN2. The zero-order valence-electron chi connectivity index (χ0n) is 10.9. The van der Waals surface area contributed by atoms with E-state index in [1.165, 1.54) is 6.42 Å². The number of nitrogens with one attached hydrogen (secondary N) is 1. The lowest BCUT2D eigenvalue weighted by molar-refractivity contribution is 0.197. The molecule has 102 valence electrons. The fraction of sp³-hybridized carbons (Fsp3) is 0.571. The van der Waals surface area contributed by atoms with Crippen LogP contribution in [-0.4, -0.2) is 30.6 Å². The highest BCUT2D eigenvalue weighted by Crippen LogP contribution is 2.15. The van der Waals surface area contributed by atoms with Gasteiger partial charge in [-0.2, -0.15) is 0 Å². The number of hydrogen-bond acceptors (Lipinski definition) is 2. The summed E-state index contributed by atoms with van der Waals surface area (Å²) >= 11 is 0. The fourth-order valence-electron chi connectivity index (χ4n) is 2.47. The van der Waals surface area contributed by atoms with E-state index in [0.717, 1.165) is 38.2 Å². The second kappa shape index (κ2) is 7.72. The highest BCUT2D eigenvalue weighted by Gasteiger charge is 2.22. The van der Waals surface area contributed by atoms with Crippen LogP contribution in [-0.2, 0) is 6.54 Å². The van der Waals surface area contributed by atoms with E-state index < -0.39 is 0 Å². The van der Waals surface area contributed by atoms with Crippen LogP contribution in [0, 0.1) is 5.82 Å². The van der Waals surface area contributed by atoms with E-state index in [1.807, 2.05) is 12.1 Å². The minimum absolute atomic E-state index is 0. The molecule has 2 nitrogen and oxygen atoms in total. The molecule has 1 fully saturated rings. The van der Waals surface area contributed by atoms with E-state index in [2.05, 4.69) is 17.1 Å². The van der Waals surface area contributed by atoms with E-state index in [0.29, 0.717) is 6.04 Å². The Morgan fingerprint density at radius 2 is 2.17 bits per heavy atom. The average Bonchev–Trinajstić information content (AvgIpc) is 2.85. The Morgan fingerprint density at radius 1 is 1.39 bits per heavy atom. The zero-order valence-corrected chi connectivity index (χ0v) is 11.7. The van der Waals surface area contributed by atoms with Gasteiger partial charge in [0.1, 0.15) is 5.82 Å². The molecule has 2 rings (SSSR count). The predicted octanol–water partition coefficient (Wildman–Crippen LogP) is 2.82. The minimum Gasteiger partial charge on any atom is -0.315 e. The van der Waals surface area contributed by atoms with Crippen molar-refractivity contribution in [3.8, 4) is 0 Å². The van der Waals surface area contributed by atoms with Gasteiger partial charge in [-0.1, -0.05) is 25.1 Å². The smallest absolute Gasteiger partial charge is 0.127 e. The molecule has 1 aliphatic heterocycles. The Labute approximate surface area is 115 Å². The summed E-state index contributed by atoms with van der Waals surface area (Å²) in [5, 5.41) is 3.38. The van der Waals surface area contributed by atoms with Crippen molar-refractivity contribution in [3.05, 3.63) is 35.6 Å². The van der Waals surface area contributed by atoms with E-state index in [4.69, 9.17) is 0 Å². The van der Waals surface area contributed by atoms with Crippen molar-refractivity contribution in [2.45, 2.75) is 32.4 Å². The maximum Gasteiger partial charge on any atom is 0.127 e. The van der Waals surface area contributed by atoms with Gasteiger partial charge in [0.05, 0.1) is 0 Å². The summed E-state index contributed by atoms with van der Waals surface area (Å²) in [4.78, 5) is 2.40. The highest BCUT2D eigenvalue weighted by atomic mass is 35.5. The third kappa shape index (κ3) is 3.94. The first-order chi connectivity index (χ1) is 8.31. The largest absolute Gasteiger partial charge is 0.315 e. The van der Waals surface area contributed by atoms with Crippen LogP contribution in [0.2, 0.25) is 0 Å². The Bertz CT molecular complexity index is 353. The van der Waals surface area contributed by atoms with Gasteiger partial charge in [0, 0.05) is 24.7 Å². The monoisotopic (exact) mass is 272 g/mol. The van der Waals surface area contributed by atoms with Gasteiger partial charge >= 0.3 is 0 Å². The lowest BCUT2D eigenvalue weighted by Gasteiger charge is -2.28. The molecule has 1 aromatic rings. The van der Waals surface area contributed by atoms with Crippen LogP contribution in [0.1, 0.15) is 25.3 Å². The molecule has 0 spiro atoms. The summed E-state index contributed by atoms with van der Waals surface area (Å²) in [5.74, 6) is -0.0837. The fourth-order valence-corrected chi connectivity index (χ4v) is 2.47. The highest BCUT2D eigenvalue weighted by molar-refractivity contribution is 5.85. The molecule has 18 heavy (non-hydrogen) atoms. The van der Waals surface area contributed by atoms with Gasteiger partial charge < -0.3 is 5.32 Å². The summed E-state index contributed by atoms with van der Waals surface area (Å²) in [5.41, 5.74) is 0.813. The van der Waals surface area contributed by atoms with E-state index in [9.17, 15) is 4.39 Å². The van der Waals surface area contributed by atoms with Crippen LogP contribution in [0.15, 0.2) is 24.3 Å². The molecule has 1 atom stereocenters. The molecular weight excluding hydrogens is 251 g/mol. The molecule has 0 aliphatic carbocycles. The first kappa shape index (κ1) is 15.4. The number of hydrogen-bond donors (Lipinski definition) is 1. The summed E-state index contributed by atoms with van der Waals surface area (Å²) in [6.45, 7) is 6.07. The molecule has 1 N–H and O–H groups in total. The molecule has 0 aromatic heterocycles. The summed E-state index contributed by atoms with van der Waals surface area (Å²) in [6, 6.07) is 7.66. The van der Waals surface area contributed by atoms with Gasteiger partial charge in [0.2, 0.25) is 0 Å². The van der Waals surface area contributed by atoms with Crippen molar-refractivity contribution in [2.24, 2.45) is 0 Å². The van der Waals surface area contributed by atoms with Crippen molar-refractivity contribution < 1.29 is 4.39 Å². The second-order valence-electron chi connectivity index (χ2n) is 4.71. The lowest BCUT2D eigenvalue weighted by atomic mass is 10.1. The Kier molecular flexibility index (Phi) is 6.61. The maximum absolute atomic E-state index is 13.6. The standard InChI is InChI=1S/C14H21FN2.ClH/c1-2-9-17(13-7-8-16-10-13)11-12-5-3-4-6-14(12)15;/h3-6,13,16H,2,7-11H2,1H3;1H. The van der Waals surface area contributed by atoms with Crippen molar-refractivity contribution in [1.29, 1.82) is 0 Å². The molecule has 1 saturated heterocycles. The molecule has 1 aromatic carbocycles. The molecule has 0 radical (unpaired) electrons. The Morgan fingerprint density at radius 3 is 2.78 bits per heavy atom. The molecule has 0 bridgehead atoms. The Balaban J connectivity index is 0.00000162. The van der Waals surface area contributed by atoms with Crippen LogP contribution in [0.4, 0.5) is 4.39 Å². The quantitative estimate of drug-likeness (QED) is 0.887. The van der Waals surface area contributed by atoms with Crippen LogP contribution in [0.3, 0.4) is 0 Å². The van der Waals surface area contributed by atoms with Crippen molar-refractivity contribution in [1.82, 2.24) is 10.2 Å². The second-order valence-corrected chi connectivity index (χ2v) is 4.71. The first-order valence-corrected chi connectivity index (χ1v) is 6.49. The third-order valence-corrected chi connectivity index (χ3v) is 3.39. The molecule has 1 unspecified atom stereocenters. The normalized spacial score (nSPS) is 18.9. The number of rotatable bonds is 5. The molecule has 0 amide bonds. The topological polar surface area (TPSA) is 15.3 Å². The first-order valence-electron chi connectivity index (χ1n) is 6.49. The van der Waals surface area contributed by atoms with Gasteiger partial charge in [0.15, 0.2) is 0 Å². The van der Waals surface area contributed by atoms with E-state index in [1.54, 1.807) is 12.1 Å². The van der Waals surface area contributed by atoms with Crippen LogP contribution in [0.5, 0.6) is 0 Å². The van der Waals surface area contributed by atoms with Gasteiger partial charge in [-0.25, -0.2) is 4.39 Å². The lowest BCUT2D eigenvalue weighted by Crippen LogP contribution is -2.37. The van der Waals surface area contributed by atoms with E-state index >= 15 is 0 Å². The summed E-state index contributed by atoms with van der Waals surface area (Å²) in [7, 11) is 0. The van der Waals surface area contributed by atoms with Crippen molar-refractivity contribution in [3.63, 3.8) is 0 Å². The van der Waals surface area contributed by atoms with Crippen LogP contribution < -0.4 is 5.32 Å². The summed E-state index contributed by atoms with van der Waals surface area (Å²) < 4.78 is 13.6. The maximum atomic E-state index is 13.6. The van der Waals surface area contributed by atoms with E-state index in [-0.39, 0.29) is 18.2 Å². The predicted molar refractivity (Wildman–Crippen MR) is 75.6 cm³/mol. The van der Waals surface area contributed by atoms with Gasteiger partial charge in [-0.3, -0.25) is 4.90 Å². The molecule has 0 saturated carbocycles. The van der Waals surface area contributed by atoms with Crippen LogP contribution >= 0.6 is 12.4 Å². The van der Waals surface area contributed by atoms with Gasteiger partial charge in [-0.05, 0) is 32.0 Å². The van der Waals surface area contributed by atoms with Crippen molar-refractivity contribution >= 4 is 12.4 Å².